The molecule has 0 aliphatic heterocycles. The fourth-order valence-corrected chi connectivity index (χ4v) is 2.48. The number of thiophene rings is 1. The van der Waals surface area contributed by atoms with Gasteiger partial charge in [0.2, 0.25) is 5.91 Å². The van der Waals surface area contributed by atoms with E-state index in [0.717, 1.165) is 16.1 Å². The summed E-state index contributed by atoms with van der Waals surface area (Å²) in [4.78, 5) is 14.8. The summed E-state index contributed by atoms with van der Waals surface area (Å²) >= 11 is 1.50. The molecule has 0 fully saturated rings. The molecule has 4 heteroatoms. The Hall–Kier alpha value is -1.65. The number of anilines is 1. The number of aryl methyl sites for hydroxylation is 1. The molecule has 94 valence electrons. The first-order valence-corrected chi connectivity index (χ1v) is 6.61. The molecule has 0 radical (unpaired) electrons. The van der Waals surface area contributed by atoms with E-state index in [2.05, 4.69) is 0 Å². The minimum Gasteiger partial charge on any atom is -0.316 e. The summed E-state index contributed by atoms with van der Waals surface area (Å²) < 4.78 is 0. The van der Waals surface area contributed by atoms with Crippen LogP contribution in [-0.2, 0) is 4.79 Å². The topological polar surface area (TPSA) is 46.3 Å². The standard InChI is InChI=1S/C14H16N2OS/c1-10-5-3-6-11(9-10)16(2)14(17)13(15)12-7-4-8-18-12/h3-9,13H,15H2,1-2H3. The van der Waals surface area contributed by atoms with Gasteiger partial charge in [-0.2, -0.15) is 0 Å². The Morgan fingerprint density at radius 1 is 1.33 bits per heavy atom. The molecular weight excluding hydrogens is 244 g/mol. The Morgan fingerprint density at radius 2 is 2.11 bits per heavy atom. The molecule has 0 aliphatic rings. The Balaban J connectivity index is 2.19. The van der Waals surface area contributed by atoms with Crippen LogP contribution in [0.2, 0.25) is 0 Å². The molecular formula is C14H16N2OS. The van der Waals surface area contributed by atoms with Crippen molar-refractivity contribution in [2.24, 2.45) is 5.73 Å². The summed E-state index contributed by atoms with van der Waals surface area (Å²) in [6, 6.07) is 11.0. The van der Waals surface area contributed by atoms with Crippen LogP contribution in [0.4, 0.5) is 5.69 Å². The molecule has 1 aromatic heterocycles. The maximum absolute atomic E-state index is 12.3. The van der Waals surface area contributed by atoms with E-state index < -0.39 is 6.04 Å². The number of hydrogen-bond donors (Lipinski definition) is 1. The average molecular weight is 260 g/mol. The maximum Gasteiger partial charge on any atom is 0.249 e. The van der Waals surface area contributed by atoms with Crippen molar-refractivity contribution in [3.8, 4) is 0 Å². The largest absolute Gasteiger partial charge is 0.316 e. The van der Waals surface area contributed by atoms with Crippen LogP contribution in [-0.4, -0.2) is 13.0 Å². The number of amides is 1. The van der Waals surface area contributed by atoms with Gasteiger partial charge in [0.15, 0.2) is 0 Å². The van der Waals surface area contributed by atoms with Gasteiger partial charge < -0.3 is 10.6 Å². The molecule has 1 amide bonds. The number of benzene rings is 1. The highest BCUT2D eigenvalue weighted by Crippen LogP contribution is 2.22. The van der Waals surface area contributed by atoms with E-state index in [0.29, 0.717) is 0 Å². The lowest BCUT2D eigenvalue weighted by Crippen LogP contribution is -2.35. The summed E-state index contributed by atoms with van der Waals surface area (Å²) in [5.41, 5.74) is 7.97. The van der Waals surface area contributed by atoms with Crippen molar-refractivity contribution in [1.29, 1.82) is 0 Å². The number of nitrogens with zero attached hydrogens (tertiary/aromatic N) is 1. The number of hydrogen-bond acceptors (Lipinski definition) is 3. The lowest BCUT2D eigenvalue weighted by atomic mass is 10.2. The summed E-state index contributed by atoms with van der Waals surface area (Å²) in [5, 5.41) is 1.93. The number of likely N-dealkylation sites (N-methyl/N-ethyl adjacent to an activating group) is 1. The normalized spacial score (nSPS) is 12.2. The molecule has 2 N–H and O–H groups in total. The molecule has 1 aromatic carbocycles. The first-order chi connectivity index (χ1) is 8.59. The SMILES string of the molecule is Cc1cccc(N(C)C(=O)C(N)c2cccs2)c1. The number of nitrogens with two attached hydrogens (primary N) is 1. The van der Waals surface area contributed by atoms with Crippen molar-refractivity contribution < 1.29 is 4.79 Å². The molecule has 2 aromatic rings. The van der Waals surface area contributed by atoms with Crippen LogP contribution in [0.5, 0.6) is 0 Å². The minimum atomic E-state index is -0.587. The van der Waals surface area contributed by atoms with Gasteiger partial charge in [0, 0.05) is 17.6 Å². The lowest BCUT2D eigenvalue weighted by Gasteiger charge is -2.21. The van der Waals surface area contributed by atoms with Crippen LogP contribution in [0, 0.1) is 6.92 Å². The zero-order chi connectivity index (χ0) is 13.1. The number of rotatable bonds is 3. The summed E-state index contributed by atoms with van der Waals surface area (Å²) in [5.74, 6) is -0.0944. The third-order valence-corrected chi connectivity index (χ3v) is 3.79. The summed E-state index contributed by atoms with van der Waals surface area (Å²) in [6.45, 7) is 2.00. The highest BCUT2D eigenvalue weighted by Gasteiger charge is 2.21. The molecule has 18 heavy (non-hydrogen) atoms. The smallest absolute Gasteiger partial charge is 0.249 e. The van der Waals surface area contributed by atoms with Crippen LogP contribution in [0.1, 0.15) is 16.5 Å². The second kappa shape index (κ2) is 5.33. The van der Waals surface area contributed by atoms with E-state index in [9.17, 15) is 4.79 Å². The van der Waals surface area contributed by atoms with Crippen molar-refractivity contribution in [3.05, 3.63) is 52.2 Å². The van der Waals surface area contributed by atoms with E-state index in [4.69, 9.17) is 5.73 Å². The van der Waals surface area contributed by atoms with Gasteiger partial charge in [-0.25, -0.2) is 0 Å². The Morgan fingerprint density at radius 3 is 2.72 bits per heavy atom. The van der Waals surface area contributed by atoms with E-state index in [1.54, 1.807) is 11.9 Å². The monoisotopic (exact) mass is 260 g/mol. The van der Waals surface area contributed by atoms with E-state index >= 15 is 0 Å². The van der Waals surface area contributed by atoms with E-state index in [1.165, 1.54) is 11.3 Å². The minimum absolute atomic E-state index is 0.0944. The van der Waals surface area contributed by atoms with Gasteiger partial charge in [0.05, 0.1) is 0 Å². The van der Waals surface area contributed by atoms with Crippen LogP contribution in [0.25, 0.3) is 0 Å². The third kappa shape index (κ3) is 2.60. The van der Waals surface area contributed by atoms with Crippen molar-refractivity contribution >= 4 is 22.9 Å². The quantitative estimate of drug-likeness (QED) is 0.922. The van der Waals surface area contributed by atoms with Crippen LogP contribution < -0.4 is 10.6 Å². The fraction of sp³-hybridized carbons (Fsp3) is 0.214. The first kappa shape index (κ1) is 12.8. The van der Waals surface area contributed by atoms with Gasteiger partial charge in [-0.3, -0.25) is 4.79 Å². The van der Waals surface area contributed by atoms with Crippen molar-refractivity contribution in [1.82, 2.24) is 0 Å². The summed E-state index contributed by atoms with van der Waals surface area (Å²) in [7, 11) is 1.75. The van der Waals surface area contributed by atoms with Gasteiger partial charge in [-0.05, 0) is 36.1 Å². The van der Waals surface area contributed by atoms with Crippen LogP contribution in [0.15, 0.2) is 41.8 Å². The van der Waals surface area contributed by atoms with E-state index in [-0.39, 0.29) is 5.91 Å². The Labute approximate surface area is 111 Å². The molecule has 0 aliphatic carbocycles. The van der Waals surface area contributed by atoms with Crippen molar-refractivity contribution in [2.75, 3.05) is 11.9 Å². The predicted molar refractivity (Wildman–Crippen MR) is 75.8 cm³/mol. The van der Waals surface area contributed by atoms with Crippen LogP contribution in [0.3, 0.4) is 0 Å². The van der Waals surface area contributed by atoms with Crippen molar-refractivity contribution in [2.45, 2.75) is 13.0 Å². The lowest BCUT2D eigenvalue weighted by molar-refractivity contribution is -0.119. The molecule has 0 saturated heterocycles. The first-order valence-electron chi connectivity index (χ1n) is 5.73. The molecule has 0 bridgehead atoms. The highest BCUT2D eigenvalue weighted by molar-refractivity contribution is 7.10. The van der Waals surface area contributed by atoms with Crippen molar-refractivity contribution in [3.63, 3.8) is 0 Å². The predicted octanol–water partition coefficient (Wildman–Crippen LogP) is 2.72. The Kier molecular flexibility index (Phi) is 3.79. The third-order valence-electron chi connectivity index (χ3n) is 2.84. The molecule has 1 heterocycles. The zero-order valence-corrected chi connectivity index (χ0v) is 11.3. The molecule has 3 nitrogen and oxygen atoms in total. The molecule has 0 spiro atoms. The average Bonchev–Trinajstić information content (AvgIpc) is 2.90. The maximum atomic E-state index is 12.3. The number of carbonyl (C=O) groups is 1. The second-order valence-corrected chi connectivity index (χ2v) is 5.21. The van der Waals surface area contributed by atoms with Gasteiger partial charge in [-0.1, -0.05) is 18.2 Å². The van der Waals surface area contributed by atoms with Crippen LogP contribution >= 0.6 is 11.3 Å². The van der Waals surface area contributed by atoms with Gasteiger partial charge in [0.1, 0.15) is 6.04 Å². The second-order valence-electron chi connectivity index (χ2n) is 4.23. The Bertz CT molecular complexity index is 536. The zero-order valence-electron chi connectivity index (χ0n) is 10.5. The van der Waals surface area contributed by atoms with Gasteiger partial charge >= 0.3 is 0 Å². The highest BCUT2D eigenvalue weighted by atomic mass is 32.1. The summed E-state index contributed by atoms with van der Waals surface area (Å²) in [6.07, 6.45) is 0. The molecule has 2 rings (SSSR count). The van der Waals surface area contributed by atoms with Gasteiger partial charge in [-0.15, -0.1) is 11.3 Å². The van der Waals surface area contributed by atoms with E-state index in [1.807, 2.05) is 48.7 Å². The molecule has 1 unspecified atom stereocenters. The fourth-order valence-electron chi connectivity index (χ4n) is 1.76. The molecule has 1 atom stereocenters. The number of carbonyl (C=O) groups excluding carboxylic acids is 1. The van der Waals surface area contributed by atoms with Gasteiger partial charge in [0.25, 0.3) is 0 Å². The molecule has 0 saturated carbocycles.